The van der Waals surface area contributed by atoms with Gasteiger partial charge in [0, 0.05) is 38.1 Å². The monoisotopic (exact) mass is 642 g/mol. The molecule has 3 aromatic carbocycles. The van der Waals surface area contributed by atoms with Gasteiger partial charge in [-0.25, -0.2) is 4.31 Å². The fourth-order valence-corrected chi connectivity index (χ4v) is 5.77. The highest BCUT2D eigenvalue weighted by Crippen LogP contribution is 2.26. The van der Waals surface area contributed by atoms with E-state index in [1.54, 1.807) is 6.07 Å². The molecule has 1 unspecified atom stereocenters. The normalized spacial score (nSPS) is 12.2. The molecule has 0 saturated heterocycles. The number of carbonyl (C=O) groups is 2. The molecule has 0 aromatic heterocycles. The van der Waals surface area contributed by atoms with E-state index in [0.29, 0.717) is 12.2 Å². The van der Waals surface area contributed by atoms with E-state index in [1.807, 2.05) is 87.5 Å². The van der Waals surface area contributed by atoms with Crippen LogP contribution in [0.15, 0.2) is 77.3 Å². The average Bonchev–Trinajstić information content (AvgIpc) is 2.95. The van der Waals surface area contributed by atoms with Crippen LogP contribution >= 0.6 is 15.9 Å². The predicted octanol–water partition coefficient (Wildman–Crippen LogP) is 4.85. The van der Waals surface area contributed by atoms with E-state index >= 15 is 0 Å². The van der Waals surface area contributed by atoms with Crippen LogP contribution in [0.25, 0.3) is 0 Å². The molecule has 1 atom stereocenters. The number of aryl methyl sites for hydroxylation is 2. The molecule has 0 radical (unpaired) electrons. The maximum absolute atomic E-state index is 14.3. The van der Waals surface area contributed by atoms with Gasteiger partial charge in [-0.05, 0) is 60.7 Å². The number of carbonyl (C=O) groups excluding carboxylic acids is 2. The molecule has 0 fully saturated rings. The second kappa shape index (κ2) is 14.6. The summed E-state index contributed by atoms with van der Waals surface area (Å²) in [5.74, 6) is -0.762. The lowest BCUT2D eigenvalue weighted by atomic mass is 10.0. The molecule has 0 aliphatic carbocycles. The SMILES string of the molecule is CCCNC(=O)C(Cc1ccccc1)N(Cc1ccc(Br)cc1)C(=O)CN(c1cc(C)ccc1C)S(=O)(=O)N(C)C. The third kappa shape index (κ3) is 8.64. The van der Waals surface area contributed by atoms with Gasteiger partial charge >= 0.3 is 10.2 Å². The van der Waals surface area contributed by atoms with Crippen molar-refractivity contribution in [1.82, 2.24) is 14.5 Å². The lowest BCUT2D eigenvalue weighted by molar-refractivity contribution is -0.140. The Bertz CT molecular complexity index is 1430. The third-order valence-corrected chi connectivity index (χ3v) is 9.07. The molecule has 10 heteroatoms. The van der Waals surface area contributed by atoms with Crippen LogP contribution in [0.2, 0.25) is 0 Å². The second-order valence-corrected chi connectivity index (χ2v) is 13.2. The summed E-state index contributed by atoms with van der Waals surface area (Å²) in [6.45, 7) is 5.78. The Kier molecular flexibility index (Phi) is 11.5. The first kappa shape index (κ1) is 32.3. The van der Waals surface area contributed by atoms with E-state index in [9.17, 15) is 18.0 Å². The van der Waals surface area contributed by atoms with Crippen LogP contribution in [0.4, 0.5) is 5.69 Å². The van der Waals surface area contributed by atoms with E-state index in [0.717, 1.165) is 41.8 Å². The fraction of sp³-hybridized carbons (Fsp3) is 0.355. The van der Waals surface area contributed by atoms with Gasteiger partial charge in [-0.3, -0.25) is 9.59 Å². The Morgan fingerprint density at radius 2 is 1.59 bits per heavy atom. The van der Waals surface area contributed by atoms with E-state index in [-0.39, 0.29) is 18.9 Å². The molecular weight excluding hydrogens is 604 g/mol. The highest BCUT2D eigenvalue weighted by molar-refractivity contribution is 9.10. The van der Waals surface area contributed by atoms with Gasteiger partial charge in [-0.15, -0.1) is 0 Å². The van der Waals surface area contributed by atoms with Crippen molar-refractivity contribution in [1.29, 1.82) is 0 Å². The van der Waals surface area contributed by atoms with Crippen LogP contribution in [0.1, 0.15) is 35.6 Å². The Morgan fingerprint density at radius 1 is 0.927 bits per heavy atom. The minimum Gasteiger partial charge on any atom is -0.354 e. The molecular formula is C31H39BrN4O4S. The summed E-state index contributed by atoms with van der Waals surface area (Å²) in [7, 11) is -1.17. The Balaban J connectivity index is 2.11. The predicted molar refractivity (Wildman–Crippen MR) is 168 cm³/mol. The summed E-state index contributed by atoms with van der Waals surface area (Å²) >= 11 is 3.45. The second-order valence-electron chi connectivity index (χ2n) is 10.2. The Labute approximate surface area is 252 Å². The Hall–Kier alpha value is -3.21. The van der Waals surface area contributed by atoms with Gasteiger partial charge in [-0.2, -0.15) is 12.7 Å². The molecule has 3 aromatic rings. The smallest absolute Gasteiger partial charge is 0.304 e. The van der Waals surface area contributed by atoms with E-state index in [1.165, 1.54) is 19.0 Å². The minimum atomic E-state index is -4.04. The van der Waals surface area contributed by atoms with E-state index in [2.05, 4.69) is 21.2 Å². The van der Waals surface area contributed by atoms with Crippen LogP contribution in [-0.2, 0) is 32.8 Å². The van der Waals surface area contributed by atoms with Gasteiger partial charge < -0.3 is 10.2 Å². The number of nitrogens with zero attached hydrogens (tertiary/aromatic N) is 3. The highest BCUT2D eigenvalue weighted by atomic mass is 79.9. The average molecular weight is 644 g/mol. The molecule has 8 nitrogen and oxygen atoms in total. The molecule has 0 bridgehead atoms. The quantitative estimate of drug-likeness (QED) is 0.289. The standard InChI is InChI=1S/C31H39BrN4O4S/c1-6-18-33-31(38)29(20-25-10-8-7-9-11-25)35(21-26-14-16-27(32)17-15-26)30(37)22-36(41(39,40)34(4)5)28-19-23(2)12-13-24(28)3/h7-17,19,29H,6,18,20-22H2,1-5H3,(H,33,38). The summed E-state index contributed by atoms with van der Waals surface area (Å²) in [5, 5.41) is 2.95. The van der Waals surface area contributed by atoms with Gasteiger partial charge in [0.15, 0.2) is 0 Å². The van der Waals surface area contributed by atoms with Gasteiger partial charge in [0.1, 0.15) is 12.6 Å². The lowest BCUT2D eigenvalue weighted by Gasteiger charge is -2.35. The van der Waals surface area contributed by atoms with E-state index < -0.39 is 28.7 Å². The van der Waals surface area contributed by atoms with E-state index in [4.69, 9.17) is 0 Å². The third-order valence-electron chi connectivity index (χ3n) is 6.74. The number of amides is 2. The number of rotatable bonds is 13. The van der Waals surface area contributed by atoms with Crippen LogP contribution < -0.4 is 9.62 Å². The minimum absolute atomic E-state index is 0.131. The zero-order valence-electron chi connectivity index (χ0n) is 24.3. The zero-order chi connectivity index (χ0) is 30.2. The van der Waals surface area contributed by atoms with Crippen LogP contribution in [0, 0.1) is 13.8 Å². The molecule has 2 amide bonds. The number of anilines is 1. The van der Waals surface area contributed by atoms with Crippen molar-refractivity contribution in [3.8, 4) is 0 Å². The maximum Gasteiger partial charge on any atom is 0.304 e. The highest BCUT2D eigenvalue weighted by Gasteiger charge is 2.35. The number of nitrogens with one attached hydrogen (secondary N) is 1. The molecule has 0 heterocycles. The van der Waals surface area contributed by atoms with Crippen molar-refractivity contribution < 1.29 is 18.0 Å². The van der Waals surface area contributed by atoms with Gasteiger partial charge in [0.05, 0.1) is 5.69 Å². The number of halogens is 1. The topological polar surface area (TPSA) is 90.0 Å². The van der Waals surface area contributed by atoms with Crippen molar-refractivity contribution in [2.75, 3.05) is 31.5 Å². The lowest BCUT2D eigenvalue weighted by Crippen LogP contribution is -2.54. The number of benzene rings is 3. The van der Waals surface area contributed by atoms with Crippen molar-refractivity contribution in [3.05, 3.63) is 99.5 Å². The number of hydrogen-bond donors (Lipinski definition) is 1. The molecule has 1 N–H and O–H groups in total. The van der Waals surface area contributed by atoms with Crippen molar-refractivity contribution in [2.45, 2.75) is 46.2 Å². The summed E-state index contributed by atoms with van der Waals surface area (Å²) in [6.07, 6.45) is 1.02. The summed E-state index contributed by atoms with van der Waals surface area (Å²) in [4.78, 5) is 29.4. The van der Waals surface area contributed by atoms with Crippen LogP contribution in [0.5, 0.6) is 0 Å². The van der Waals surface area contributed by atoms with Crippen molar-refractivity contribution >= 4 is 43.6 Å². The largest absolute Gasteiger partial charge is 0.354 e. The summed E-state index contributed by atoms with van der Waals surface area (Å²) in [5.41, 5.74) is 3.71. The maximum atomic E-state index is 14.3. The molecule has 0 spiro atoms. The first-order valence-corrected chi connectivity index (χ1v) is 15.8. The van der Waals surface area contributed by atoms with Crippen molar-refractivity contribution in [3.63, 3.8) is 0 Å². The summed E-state index contributed by atoms with van der Waals surface area (Å²) < 4.78 is 30.3. The van der Waals surface area contributed by atoms with Crippen LogP contribution in [-0.4, -0.2) is 62.7 Å². The van der Waals surface area contributed by atoms with Gasteiger partial charge in [-0.1, -0.05) is 77.5 Å². The number of hydrogen-bond acceptors (Lipinski definition) is 4. The van der Waals surface area contributed by atoms with Crippen LogP contribution in [0.3, 0.4) is 0 Å². The first-order chi connectivity index (χ1) is 19.4. The molecule has 220 valence electrons. The molecule has 3 rings (SSSR count). The molecule has 0 aliphatic rings. The first-order valence-electron chi connectivity index (χ1n) is 13.6. The Morgan fingerprint density at radius 3 is 2.20 bits per heavy atom. The van der Waals surface area contributed by atoms with Crippen molar-refractivity contribution in [2.24, 2.45) is 0 Å². The zero-order valence-corrected chi connectivity index (χ0v) is 26.7. The fourth-order valence-electron chi connectivity index (χ4n) is 4.40. The van der Waals surface area contributed by atoms with Gasteiger partial charge in [0.2, 0.25) is 11.8 Å². The molecule has 0 aliphatic heterocycles. The molecule has 0 saturated carbocycles. The molecule has 41 heavy (non-hydrogen) atoms. The van der Waals surface area contributed by atoms with Gasteiger partial charge in [0.25, 0.3) is 0 Å². The summed E-state index contributed by atoms with van der Waals surface area (Å²) in [6, 6.07) is 21.7.